The van der Waals surface area contributed by atoms with E-state index >= 15 is 0 Å². The van der Waals surface area contributed by atoms with Gasteiger partial charge in [-0.25, -0.2) is 0 Å². The Hall–Kier alpha value is -1.63. The number of fused-ring (bicyclic) bond motifs is 1. The second kappa shape index (κ2) is 9.04. The van der Waals surface area contributed by atoms with Crippen molar-refractivity contribution < 1.29 is 14.3 Å². The summed E-state index contributed by atoms with van der Waals surface area (Å²) in [4.78, 5) is 16.5. The molecule has 0 aromatic heterocycles. The summed E-state index contributed by atoms with van der Waals surface area (Å²) in [6.07, 6.45) is 1.73. The van der Waals surface area contributed by atoms with Crippen LogP contribution in [-0.4, -0.2) is 74.8 Å². The average Bonchev–Trinajstić information content (AvgIpc) is 3.07. The number of ether oxygens (including phenoxy) is 2. The van der Waals surface area contributed by atoms with E-state index in [1.54, 1.807) is 0 Å². The summed E-state index contributed by atoms with van der Waals surface area (Å²) in [6.45, 7) is 9.49. The standard InChI is InChI=1S/C21H31N3O3/c25-21-12-18-15-24(16-19(18)13-22-21)14-17-3-1-4-20(11-17)27-8-2-5-23-6-9-26-10-7-23/h1,3-4,11,18-19H,2,5-10,12-16H2,(H,22,25)/t18-,19+/m1/s1. The molecule has 1 aromatic carbocycles. The minimum absolute atomic E-state index is 0.213. The zero-order valence-electron chi connectivity index (χ0n) is 16.1. The molecule has 3 saturated heterocycles. The Bertz CT molecular complexity index is 633. The number of rotatable bonds is 7. The third kappa shape index (κ3) is 5.21. The van der Waals surface area contributed by atoms with Gasteiger partial charge in [0.25, 0.3) is 0 Å². The predicted molar refractivity (Wildman–Crippen MR) is 104 cm³/mol. The number of amides is 1. The molecule has 6 heteroatoms. The second-order valence-corrected chi connectivity index (χ2v) is 8.03. The molecule has 3 aliphatic heterocycles. The minimum atomic E-state index is 0.213. The fourth-order valence-electron chi connectivity index (χ4n) is 4.48. The molecule has 0 radical (unpaired) electrons. The van der Waals surface area contributed by atoms with E-state index in [9.17, 15) is 4.79 Å². The molecule has 0 spiro atoms. The van der Waals surface area contributed by atoms with Crippen LogP contribution in [0.25, 0.3) is 0 Å². The molecule has 0 saturated carbocycles. The van der Waals surface area contributed by atoms with Gasteiger partial charge in [0.15, 0.2) is 0 Å². The van der Waals surface area contributed by atoms with E-state index in [2.05, 4.69) is 33.3 Å². The van der Waals surface area contributed by atoms with Crippen molar-refractivity contribution in [3.05, 3.63) is 29.8 Å². The predicted octanol–water partition coefficient (Wildman–Crippen LogP) is 1.36. The highest BCUT2D eigenvalue weighted by Crippen LogP contribution is 2.29. The highest BCUT2D eigenvalue weighted by molar-refractivity contribution is 5.77. The van der Waals surface area contributed by atoms with Crippen LogP contribution in [0.1, 0.15) is 18.4 Å². The molecule has 2 atom stereocenters. The van der Waals surface area contributed by atoms with E-state index in [1.807, 2.05) is 6.07 Å². The molecule has 27 heavy (non-hydrogen) atoms. The molecular weight excluding hydrogens is 342 g/mol. The highest BCUT2D eigenvalue weighted by atomic mass is 16.5. The van der Waals surface area contributed by atoms with Gasteiger partial charge in [-0.1, -0.05) is 12.1 Å². The zero-order valence-corrected chi connectivity index (χ0v) is 16.1. The summed E-state index contributed by atoms with van der Waals surface area (Å²) in [5.74, 6) is 2.31. The third-order valence-electron chi connectivity index (χ3n) is 5.96. The first-order valence-corrected chi connectivity index (χ1v) is 10.3. The number of piperidine rings is 1. The van der Waals surface area contributed by atoms with Gasteiger partial charge in [-0.3, -0.25) is 14.6 Å². The lowest BCUT2D eigenvalue weighted by Crippen LogP contribution is -2.39. The molecule has 1 aromatic rings. The maximum absolute atomic E-state index is 11.6. The lowest BCUT2D eigenvalue weighted by atomic mass is 9.89. The molecule has 0 bridgehead atoms. The molecule has 1 amide bonds. The highest BCUT2D eigenvalue weighted by Gasteiger charge is 2.36. The molecule has 3 aliphatic rings. The number of carbonyl (C=O) groups excluding carboxylic acids is 1. The molecule has 4 rings (SSSR count). The maximum Gasteiger partial charge on any atom is 0.220 e. The van der Waals surface area contributed by atoms with E-state index in [-0.39, 0.29) is 5.91 Å². The molecule has 6 nitrogen and oxygen atoms in total. The number of likely N-dealkylation sites (tertiary alicyclic amines) is 1. The fourth-order valence-corrected chi connectivity index (χ4v) is 4.48. The van der Waals surface area contributed by atoms with Crippen molar-refractivity contribution in [1.29, 1.82) is 0 Å². The van der Waals surface area contributed by atoms with Gasteiger partial charge < -0.3 is 14.8 Å². The van der Waals surface area contributed by atoms with Gasteiger partial charge >= 0.3 is 0 Å². The normalized spacial score (nSPS) is 26.6. The van der Waals surface area contributed by atoms with E-state index < -0.39 is 0 Å². The number of hydrogen-bond donors (Lipinski definition) is 1. The molecule has 0 aliphatic carbocycles. The van der Waals surface area contributed by atoms with E-state index in [0.717, 1.165) is 77.8 Å². The van der Waals surface area contributed by atoms with Crippen molar-refractivity contribution in [1.82, 2.24) is 15.1 Å². The first kappa shape index (κ1) is 18.7. The quantitative estimate of drug-likeness (QED) is 0.732. The Morgan fingerprint density at radius 1 is 1.15 bits per heavy atom. The number of morpholine rings is 1. The van der Waals surface area contributed by atoms with Gasteiger partial charge in [0.05, 0.1) is 19.8 Å². The van der Waals surface area contributed by atoms with Gasteiger partial charge in [-0.2, -0.15) is 0 Å². The molecule has 0 unspecified atom stereocenters. The first-order valence-electron chi connectivity index (χ1n) is 10.3. The molecular formula is C21H31N3O3. The summed E-state index contributed by atoms with van der Waals surface area (Å²) >= 11 is 0. The Balaban J connectivity index is 1.21. The summed E-state index contributed by atoms with van der Waals surface area (Å²) in [6, 6.07) is 8.47. The molecule has 3 fully saturated rings. The Morgan fingerprint density at radius 2 is 2.00 bits per heavy atom. The molecule has 3 heterocycles. The number of benzene rings is 1. The first-order chi connectivity index (χ1) is 13.3. The van der Waals surface area contributed by atoms with E-state index in [0.29, 0.717) is 18.3 Å². The topological polar surface area (TPSA) is 54.0 Å². The maximum atomic E-state index is 11.6. The van der Waals surface area contributed by atoms with Gasteiger partial charge in [-0.15, -0.1) is 0 Å². The summed E-state index contributed by atoms with van der Waals surface area (Å²) < 4.78 is 11.4. The second-order valence-electron chi connectivity index (χ2n) is 8.03. The largest absolute Gasteiger partial charge is 0.494 e. The van der Waals surface area contributed by atoms with Crippen LogP contribution >= 0.6 is 0 Å². The zero-order chi connectivity index (χ0) is 18.5. The van der Waals surface area contributed by atoms with Gasteiger partial charge in [0.2, 0.25) is 5.91 Å². The van der Waals surface area contributed by atoms with Crippen LogP contribution in [0.3, 0.4) is 0 Å². The number of carbonyl (C=O) groups is 1. The lowest BCUT2D eigenvalue weighted by Gasteiger charge is -2.26. The van der Waals surface area contributed by atoms with Crippen LogP contribution in [0.15, 0.2) is 24.3 Å². The Morgan fingerprint density at radius 3 is 2.89 bits per heavy atom. The van der Waals surface area contributed by atoms with Crippen LogP contribution in [0.4, 0.5) is 0 Å². The monoisotopic (exact) mass is 373 g/mol. The number of nitrogens with one attached hydrogen (secondary N) is 1. The van der Waals surface area contributed by atoms with Crippen LogP contribution in [0, 0.1) is 11.8 Å². The molecule has 148 valence electrons. The van der Waals surface area contributed by atoms with Crippen LogP contribution in [0.5, 0.6) is 5.75 Å². The van der Waals surface area contributed by atoms with Crippen LogP contribution in [-0.2, 0) is 16.1 Å². The van der Waals surface area contributed by atoms with Gasteiger partial charge in [0.1, 0.15) is 5.75 Å². The van der Waals surface area contributed by atoms with Crippen molar-refractivity contribution in [3.63, 3.8) is 0 Å². The smallest absolute Gasteiger partial charge is 0.220 e. The van der Waals surface area contributed by atoms with Crippen molar-refractivity contribution in [3.8, 4) is 5.75 Å². The number of hydrogen-bond acceptors (Lipinski definition) is 5. The SMILES string of the molecule is O=C1C[C@@H]2CN(Cc3cccc(OCCCN4CCOCC4)c3)C[C@@H]2CN1. The molecule has 1 N–H and O–H groups in total. The van der Waals surface area contributed by atoms with Crippen molar-refractivity contribution in [2.45, 2.75) is 19.4 Å². The van der Waals surface area contributed by atoms with Crippen LogP contribution < -0.4 is 10.1 Å². The third-order valence-corrected chi connectivity index (χ3v) is 5.96. The van der Waals surface area contributed by atoms with E-state index in [1.165, 1.54) is 5.56 Å². The van der Waals surface area contributed by atoms with Crippen LogP contribution in [0.2, 0.25) is 0 Å². The van der Waals surface area contributed by atoms with Crippen molar-refractivity contribution in [2.75, 3.05) is 59.1 Å². The number of nitrogens with zero attached hydrogens (tertiary/aromatic N) is 2. The Kier molecular flexibility index (Phi) is 6.27. The van der Waals surface area contributed by atoms with Gasteiger partial charge in [-0.05, 0) is 36.0 Å². The van der Waals surface area contributed by atoms with Crippen molar-refractivity contribution in [2.24, 2.45) is 11.8 Å². The lowest BCUT2D eigenvalue weighted by molar-refractivity contribution is -0.124. The average molecular weight is 373 g/mol. The fraction of sp³-hybridized carbons (Fsp3) is 0.667. The van der Waals surface area contributed by atoms with E-state index in [4.69, 9.17) is 9.47 Å². The summed E-state index contributed by atoms with van der Waals surface area (Å²) in [5.41, 5.74) is 1.29. The minimum Gasteiger partial charge on any atom is -0.494 e. The summed E-state index contributed by atoms with van der Waals surface area (Å²) in [7, 11) is 0. The summed E-state index contributed by atoms with van der Waals surface area (Å²) in [5, 5.41) is 3.00. The van der Waals surface area contributed by atoms with Gasteiger partial charge in [0, 0.05) is 52.2 Å². The Labute approximate surface area is 161 Å². The van der Waals surface area contributed by atoms with Crippen molar-refractivity contribution >= 4 is 5.91 Å².